The Kier molecular flexibility index (Phi) is 7.74. The quantitative estimate of drug-likeness (QED) is 0.700. The van der Waals surface area contributed by atoms with Crippen molar-refractivity contribution < 1.29 is 19.1 Å². The number of hydrogen-bond acceptors (Lipinski definition) is 5. The predicted molar refractivity (Wildman–Crippen MR) is 91.2 cm³/mol. The molecule has 138 valence electrons. The van der Waals surface area contributed by atoms with Gasteiger partial charge in [-0.2, -0.15) is 0 Å². The molecular formula is C16H28ClN3O4. The lowest BCUT2D eigenvalue weighted by Gasteiger charge is -2.34. The molecule has 0 aliphatic carbocycles. The van der Waals surface area contributed by atoms with Gasteiger partial charge >= 0.3 is 0 Å². The molecule has 3 aliphatic heterocycles. The molecule has 0 saturated carbocycles. The van der Waals surface area contributed by atoms with E-state index in [1.54, 1.807) is 0 Å². The van der Waals surface area contributed by atoms with Gasteiger partial charge in [-0.3, -0.25) is 9.59 Å². The number of nitrogens with zero attached hydrogens (tertiary/aromatic N) is 1. The minimum atomic E-state index is -0.422. The van der Waals surface area contributed by atoms with E-state index >= 15 is 0 Å². The lowest BCUT2D eigenvalue weighted by Crippen LogP contribution is -2.57. The highest BCUT2D eigenvalue weighted by Gasteiger charge is 2.32. The van der Waals surface area contributed by atoms with Gasteiger partial charge < -0.3 is 25.0 Å². The number of halogens is 1. The third-order valence-electron chi connectivity index (χ3n) is 4.77. The fraction of sp³-hybridized carbons (Fsp3) is 0.875. The Balaban J connectivity index is 0.00000208. The van der Waals surface area contributed by atoms with Crippen LogP contribution in [0.2, 0.25) is 0 Å². The summed E-state index contributed by atoms with van der Waals surface area (Å²) in [6, 6.07) is -0.422. The second-order valence-corrected chi connectivity index (χ2v) is 6.57. The van der Waals surface area contributed by atoms with Crippen LogP contribution in [-0.2, 0) is 19.1 Å². The number of hydrogen-bond donors (Lipinski definition) is 2. The SMILES string of the molecule is Cl.O=C(CC1NCCN(CC2CCCO2)C1=O)NCC1CCCO1. The van der Waals surface area contributed by atoms with Crippen LogP contribution in [0, 0.1) is 0 Å². The molecule has 0 aromatic rings. The largest absolute Gasteiger partial charge is 0.376 e. The number of piperazine rings is 1. The second-order valence-electron chi connectivity index (χ2n) is 6.57. The summed E-state index contributed by atoms with van der Waals surface area (Å²) in [7, 11) is 0. The zero-order chi connectivity index (χ0) is 16.1. The maximum Gasteiger partial charge on any atom is 0.240 e. The molecule has 3 unspecified atom stereocenters. The van der Waals surface area contributed by atoms with Crippen molar-refractivity contribution in [3.63, 3.8) is 0 Å². The maximum absolute atomic E-state index is 12.5. The van der Waals surface area contributed by atoms with E-state index in [0.29, 0.717) is 19.6 Å². The van der Waals surface area contributed by atoms with Crippen molar-refractivity contribution in [3.05, 3.63) is 0 Å². The highest BCUT2D eigenvalue weighted by Crippen LogP contribution is 2.15. The zero-order valence-electron chi connectivity index (χ0n) is 14.0. The van der Waals surface area contributed by atoms with Gasteiger partial charge in [-0.25, -0.2) is 0 Å². The highest BCUT2D eigenvalue weighted by molar-refractivity contribution is 5.89. The van der Waals surface area contributed by atoms with Gasteiger partial charge in [0.15, 0.2) is 0 Å². The monoisotopic (exact) mass is 361 g/mol. The third-order valence-corrected chi connectivity index (χ3v) is 4.77. The molecule has 3 saturated heterocycles. The van der Waals surface area contributed by atoms with Gasteiger partial charge in [0.05, 0.1) is 24.7 Å². The molecule has 8 heteroatoms. The average Bonchev–Trinajstić information content (AvgIpc) is 3.23. The third kappa shape index (κ3) is 5.31. The van der Waals surface area contributed by atoms with Crippen molar-refractivity contribution >= 4 is 24.2 Å². The number of ether oxygens (including phenoxy) is 2. The molecule has 3 atom stereocenters. The smallest absolute Gasteiger partial charge is 0.240 e. The summed E-state index contributed by atoms with van der Waals surface area (Å²) >= 11 is 0. The van der Waals surface area contributed by atoms with E-state index in [-0.39, 0.29) is 42.9 Å². The Labute approximate surface area is 149 Å². The molecule has 0 aromatic heterocycles. The Morgan fingerprint density at radius 2 is 1.92 bits per heavy atom. The normalized spacial score (nSPS) is 30.2. The van der Waals surface area contributed by atoms with Crippen LogP contribution >= 0.6 is 12.4 Å². The highest BCUT2D eigenvalue weighted by atomic mass is 35.5. The predicted octanol–water partition coefficient (Wildman–Crippen LogP) is 0.0729. The van der Waals surface area contributed by atoms with Gasteiger partial charge in [-0.1, -0.05) is 0 Å². The van der Waals surface area contributed by atoms with Gasteiger partial charge in [0.2, 0.25) is 11.8 Å². The van der Waals surface area contributed by atoms with Gasteiger partial charge in [0.1, 0.15) is 0 Å². The summed E-state index contributed by atoms with van der Waals surface area (Å²) in [4.78, 5) is 26.4. The summed E-state index contributed by atoms with van der Waals surface area (Å²) in [6.45, 7) is 4.17. The fourth-order valence-corrected chi connectivity index (χ4v) is 3.46. The molecule has 3 heterocycles. The standard InChI is InChI=1S/C16H27N3O4.ClH/c20-15(18-10-12-3-1-7-22-12)9-14-16(21)19(6-5-17-14)11-13-4-2-8-23-13;/h12-14,17H,1-11H2,(H,18,20);1H. The van der Waals surface area contributed by atoms with Gasteiger partial charge in [0, 0.05) is 39.4 Å². The van der Waals surface area contributed by atoms with E-state index in [2.05, 4.69) is 10.6 Å². The lowest BCUT2D eigenvalue weighted by atomic mass is 10.1. The number of rotatable bonds is 6. The summed E-state index contributed by atoms with van der Waals surface area (Å²) in [5.74, 6) is -0.0793. The van der Waals surface area contributed by atoms with Crippen molar-refractivity contribution in [1.29, 1.82) is 0 Å². The van der Waals surface area contributed by atoms with Crippen LogP contribution < -0.4 is 10.6 Å². The molecule has 2 amide bonds. The lowest BCUT2D eigenvalue weighted by molar-refractivity contribution is -0.139. The van der Waals surface area contributed by atoms with Crippen LogP contribution in [0.4, 0.5) is 0 Å². The first-order valence-electron chi connectivity index (χ1n) is 8.74. The molecule has 7 nitrogen and oxygen atoms in total. The van der Waals surface area contributed by atoms with E-state index in [1.165, 1.54) is 0 Å². The van der Waals surface area contributed by atoms with E-state index in [0.717, 1.165) is 45.4 Å². The zero-order valence-corrected chi connectivity index (χ0v) is 14.8. The van der Waals surface area contributed by atoms with Crippen molar-refractivity contribution in [2.24, 2.45) is 0 Å². The Bertz CT molecular complexity index is 426. The molecule has 3 aliphatic rings. The number of amides is 2. The Morgan fingerprint density at radius 1 is 1.21 bits per heavy atom. The molecule has 3 fully saturated rings. The van der Waals surface area contributed by atoms with Crippen LogP contribution in [0.5, 0.6) is 0 Å². The molecular weight excluding hydrogens is 334 g/mol. The van der Waals surface area contributed by atoms with Gasteiger partial charge in [-0.05, 0) is 25.7 Å². The van der Waals surface area contributed by atoms with Gasteiger partial charge in [-0.15, -0.1) is 12.4 Å². The molecule has 24 heavy (non-hydrogen) atoms. The van der Waals surface area contributed by atoms with Crippen molar-refractivity contribution in [1.82, 2.24) is 15.5 Å². The first-order valence-corrected chi connectivity index (χ1v) is 8.74. The maximum atomic E-state index is 12.5. The number of carbonyl (C=O) groups excluding carboxylic acids is 2. The molecule has 0 aromatic carbocycles. The average molecular weight is 362 g/mol. The summed E-state index contributed by atoms with van der Waals surface area (Å²) in [5.41, 5.74) is 0. The van der Waals surface area contributed by atoms with Crippen LogP contribution in [0.1, 0.15) is 32.1 Å². The van der Waals surface area contributed by atoms with E-state index < -0.39 is 6.04 Å². The van der Waals surface area contributed by atoms with E-state index in [1.807, 2.05) is 4.90 Å². The molecule has 0 spiro atoms. The topological polar surface area (TPSA) is 79.9 Å². The first kappa shape index (κ1) is 19.4. The molecule has 3 rings (SSSR count). The van der Waals surface area contributed by atoms with Crippen molar-refractivity contribution in [2.75, 3.05) is 39.4 Å². The van der Waals surface area contributed by atoms with Crippen molar-refractivity contribution in [3.8, 4) is 0 Å². The van der Waals surface area contributed by atoms with Crippen molar-refractivity contribution in [2.45, 2.75) is 50.4 Å². The fourth-order valence-electron chi connectivity index (χ4n) is 3.46. The van der Waals surface area contributed by atoms with Gasteiger partial charge in [0.25, 0.3) is 0 Å². The number of carbonyl (C=O) groups is 2. The summed E-state index contributed by atoms with van der Waals surface area (Å²) in [6.07, 6.45) is 4.62. The van der Waals surface area contributed by atoms with Crippen LogP contribution in [0.15, 0.2) is 0 Å². The minimum Gasteiger partial charge on any atom is -0.376 e. The summed E-state index contributed by atoms with van der Waals surface area (Å²) < 4.78 is 11.1. The molecule has 0 radical (unpaired) electrons. The van der Waals surface area contributed by atoms with Crippen LogP contribution in [0.3, 0.4) is 0 Å². The molecule has 0 bridgehead atoms. The Morgan fingerprint density at radius 3 is 2.58 bits per heavy atom. The van der Waals surface area contributed by atoms with E-state index in [4.69, 9.17) is 9.47 Å². The minimum absolute atomic E-state index is 0. The number of nitrogens with one attached hydrogen (secondary N) is 2. The van der Waals surface area contributed by atoms with Crippen LogP contribution in [0.25, 0.3) is 0 Å². The van der Waals surface area contributed by atoms with Crippen LogP contribution in [-0.4, -0.2) is 74.4 Å². The van der Waals surface area contributed by atoms with E-state index in [9.17, 15) is 9.59 Å². The Hall–Kier alpha value is -0.890. The molecule has 2 N–H and O–H groups in total. The summed E-state index contributed by atoms with van der Waals surface area (Å²) in [5, 5.41) is 6.04. The second kappa shape index (κ2) is 9.56. The first-order chi connectivity index (χ1) is 11.2.